The maximum atomic E-state index is 9.84. The van der Waals surface area contributed by atoms with Gasteiger partial charge in [0.25, 0.3) is 0 Å². The van der Waals surface area contributed by atoms with Crippen LogP contribution in [0.2, 0.25) is 0 Å². The first-order valence-corrected chi connectivity index (χ1v) is 8.44. The molecule has 0 amide bonds. The predicted octanol–water partition coefficient (Wildman–Crippen LogP) is 3.57. The fraction of sp³-hybridized carbons (Fsp3) is 0.579. The van der Waals surface area contributed by atoms with Gasteiger partial charge >= 0.3 is 7.12 Å². The SMILES string of the molecule is CC(C)(C)c1ccc(N)c(C=C(CO)B2OC(C)(C)C(C)(C)O2)c1. The number of aliphatic hydroxyl groups excluding tert-OH is 1. The summed E-state index contributed by atoms with van der Waals surface area (Å²) in [4.78, 5) is 0. The molecule has 1 aliphatic heterocycles. The largest absolute Gasteiger partial charge is 0.492 e. The van der Waals surface area contributed by atoms with E-state index in [0.717, 1.165) is 5.56 Å². The molecule has 4 nitrogen and oxygen atoms in total. The molecule has 132 valence electrons. The zero-order chi connectivity index (χ0) is 18.3. The molecule has 1 fully saturated rings. The fourth-order valence-corrected chi connectivity index (χ4v) is 2.55. The van der Waals surface area contributed by atoms with Crippen LogP contribution in [0.15, 0.2) is 23.7 Å². The molecule has 24 heavy (non-hydrogen) atoms. The summed E-state index contributed by atoms with van der Waals surface area (Å²) in [7, 11) is -0.572. The Balaban J connectivity index is 2.39. The van der Waals surface area contributed by atoms with Crippen LogP contribution in [0, 0.1) is 0 Å². The fourth-order valence-electron chi connectivity index (χ4n) is 2.55. The monoisotopic (exact) mass is 331 g/mol. The Morgan fingerprint density at radius 1 is 1.17 bits per heavy atom. The third-order valence-electron chi connectivity index (χ3n) is 5.03. The van der Waals surface area contributed by atoms with E-state index in [9.17, 15) is 5.11 Å². The van der Waals surface area contributed by atoms with Crippen LogP contribution in [0.3, 0.4) is 0 Å². The van der Waals surface area contributed by atoms with Crippen LogP contribution in [-0.2, 0) is 14.7 Å². The summed E-state index contributed by atoms with van der Waals surface area (Å²) in [6.07, 6.45) is 1.88. The number of rotatable bonds is 3. The van der Waals surface area contributed by atoms with E-state index in [1.54, 1.807) is 0 Å². The van der Waals surface area contributed by atoms with Crippen molar-refractivity contribution in [1.29, 1.82) is 0 Å². The molecule has 1 aromatic carbocycles. The molecule has 2 rings (SSSR count). The molecular formula is C19H30BNO3. The van der Waals surface area contributed by atoms with Gasteiger partial charge in [-0.2, -0.15) is 0 Å². The minimum atomic E-state index is -0.572. The molecule has 5 heteroatoms. The molecule has 0 unspecified atom stereocenters. The summed E-state index contributed by atoms with van der Waals surface area (Å²) in [6, 6.07) is 6.02. The maximum Gasteiger partial charge on any atom is 0.492 e. The molecule has 1 heterocycles. The van der Waals surface area contributed by atoms with E-state index in [0.29, 0.717) is 11.2 Å². The van der Waals surface area contributed by atoms with Gasteiger partial charge in [-0.15, -0.1) is 0 Å². The number of anilines is 1. The van der Waals surface area contributed by atoms with Crippen molar-refractivity contribution in [3.05, 3.63) is 34.8 Å². The highest BCUT2D eigenvalue weighted by Crippen LogP contribution is 2.39. The van der Waals surface area contributed by atoms with Crippen LogP contribution in [0.5, 0.6) is 0 Å². The second kappa shape index (κ2) is 6.21. The lowest BCUT2D eigenvalue weighted by Gasteiger charge is -2.32. The highest BCUT2D eigenvalue weighted by atomic mass is 16.7. The van der Waals surface area contributed by atoms with Gasteiger partial charge in [-0.05, 0) is 61.8 Å². The zero-order valence-electron chi connectivity index (χ0n) is 15.9. The lowest BCUT2D eigenvalue weighted by molar-refractivity contribution is 0.00578. The third kappa shape index (κ3) is 3.69. The smallest absolute Gasteiger partial charge is 0.400 e. The number of benzene rings is 1. The molecule has 0 atom stereocenters. The molecule has 0 aliphatic carbocycles. The average molecular weight is 331 g/mol. The Morgan fingerprint density at radius 3 is 2.17 bits per heavy atom. The Bertz CT molecular complexity index is 629. The van der Waals surface area contributed by atoms with Gasteiger partial charge < -0.3 is 20.1 Å². The minimum Gasteiger partial charge on any atom is -0.400 e. The van der Waals surface area contributed by atoms with Gasteiger partial charge in [0.15, 0.2) is 0 Å². The van der Waals surface area contributed by atoms with Crippen LogP contribution < -0.4 is 5.73 Å². The minimum absolute atomic E-state index is 0.0278. The van der Waals surface area contributed by atoms with E-state index in [1.165, 1.54) is 5.56 Å². The third-order valence-corrected chi connectivity index (χ3v) is 5.03. The van der Waals surface area contributed by atoms with Crippen molar-refractivity contribution in [2.75, 3.05) is 12.3 Å². The second-order valence-electron chi connectivity index (χ2n) is 8.56. The van der Waals surface area contributed by atoms with E-state index in [-0.39, 0.29) is 12.0 Å². The van der Waals surface area contributed by atoms with Crippen molar-refractivity contribution >= 4 is 18.9 Å². The summed E-state index contributed by atoms with van der Waals surface area (Å²) in [5, 5.41) is 9.84. The van der Waals surface area contributed by atoms with Crippen molar-refractivity contribution in [2.24, 2.45) is 0 Å². The zero-order valence-corrected chi connectivity index (χ0v) is 15.9. The molecule has 0 radical (unpaired) electrons. The summed E-state index contributed by atoms with van der Waals surface area (Å²) >= 11 is 0. The van der Waals surface area contributed by atoms with Gasteiger partial charge in [-0.1, -0.05) is 32.9 Å². The molecule has 1 saturated heterocycles. The Labute approximate surface area is 146 Å². The molecule has 1 aromatic rings. The summed E-state index contributed by atoms with van der Waals surface area (Å²) in [6.45, 7) is 14.3. The molecular weight excluding hydrogens is 301 g/mol. The van der Waals surface area contributed by atoms with E-state index in [1.807, 2.05) is 45.9 Å². The molecule has 0 saturated carbocycles. The van der Waals surface area contributed by atoms with Crippen LogP contribution in [0.4, 0.5) is 5.69 Å². The van der Waals surface area contributed by atoms with Crippen LogP contribution in [-0.4, -0.2) is 30.0 Å². The molecule has 3 N–H and O–H groups in total. The van der Waals surface area contributed by atoms with E-state index < -0.39 is 18.3 Å². The van der Waals surface area contributed by atoms with Crippen molar-refractivity contribution in [2.45, 2.75) is 65.1 Å². The van der Waals surface area contributed by atoms with E-state index in [4.69, 9.17) is 15.0 Å². The van der Waals surface area contributed by atoms with Crippen molar-refractivity contribution in [3.8, 4) is 0 Å². The second-order valence-corrected chi connectivity index (χ2v) is 8.56. The first-order chi connectivity index (χ1) is 10.9. The first kappa shape index (κ1) is 19.0. The van der Waals surface area contributed by atoms with Gasteiger partial charge in [0, 0.05) is 5.69 Å². The van der Waals surface area contributed by atoms with Gasteiger partial charge in [0.05, 0.1) is 17.8 Å². The number of aliphatic hydroxyl groups is 1. The molecule has 0 aromatic heterocycles. The lowest BCUT2D eigenvalue weighted by Crippen LogP contribution is -2.41. The number of nitrogens with two attached hydrogens (primary N) is 1. The van der Waals surface area contributed by atoms with Crippen molar-refractivity contribution in [3.63, 3.8) is 0 Å². The van der Waals surface area contributed by atoms with Crippen molar-refractivity contribution in [1.82, 2.24) is 0 Å². The normalized spacial score (nSPS) is 20.5. The standard InChI is InChI=1S/C19H30BNO3/c1-17(2,3)14-8-9-16(21)13(10-14)11-15(12-22)20-23-18(4,5)19(6,7)24-20/h8-11,22H,12,21H2,1-7H3. The lowest BCUT2D eigenvalue weighted by atomic mass is 9.77. The van der Waals surface area contributed by atoms with Gasteiger partial charge in [0.2, 0.25) is 0 Å². The first-order valence-electron chi connectivity index (χ1n) is 8.44. The summed E-state index contributed by atoms with van der Waals surface area (Å²) in [5.74, 6) is 0. The van der Waals surface area contributed by atoms with Crippen LogP contribution >= 0.6 is 0 Å². The molecule has 1 aliphatic rings. The number of hydrogen-bond donors (Lipinski definition) is 2. The Kier molecular flexibility index (Phi) is 4.93. The van der Waals surface area contributed by atoms with Crippen LogP contribution in [0.25, 0.3) is 6.08 Å². The predicted molar refractivity (Wildman–Crippen MR) is 101 cm³/mol. The number of hydrogen-bond acceptors (Lipinski definition) is 4. The molecule has 0 spiro atoms. The number of nitrogen functional groups attached to an aromatic ring is 1. The highest BCUT2D eigenvalue weighted by molar-refractivity contribution is 6.55. The summed E-state index contributed by atoms with van der Waals surface area (Å²) in [5.41, 5.74) is 8.69. The van der Waals surface area contributed by atoms with Gasteiger partial charge in [0.1, 0.15) is 0 Å². The van der Waals surface area contributed by atoms with E-state index >= 15 is 0 Å². The quantitative estimate of drug-likeness (QED) is 0.656. The van der Waals surface area contributed by atoms with E-state index in [2.05, 4.69) is 26.8 Å². The topological polar surface area (TPSA) is 64.7 Å². The van der Waals surface area contributed by atoms with Crippen molar-refractivity contribution < 1.29 is 14.4 Å². The maximum absolute atomic E-state index is 9.84. The Hall–Kier alpha value is -1.30. The highest BCUT2D eigenvalue weighted by Gasteiger charge is 2.52. The average Bonchev–Trinajstić information content (AvgIpc) is 2.65. The molecule has 0 bridgehead atoms. The summed E-state index contributed by atoms with van der Waals surface area (Å²) < 4.78 is 12.1. The van der Waals surface area contributed by atoms with Gasteiger partial charge in [-0.3, -0.25) is 0 Å². The van der Waals surface area contributed by atoms with Crippen LogP contribution in [0.1, 0.15) is 59.6 Å². The Morgan fingerprint density at radius 2 is 1.71 bits per heavy atom. The van der Waals surface area contributed by atoms with Gasteiger partial charge in [-0.25, -0.2) is 0 Å².